The van der Waals surface area contributed by atoms with Crippen LogP contribution in [0.15, 0.2) is 48.5 Å². The largest absolute Gasteiger partial charge is 0.573 e. The zero-order valence-electron chi connectivity index (χ0n) is 17.4. The lowest BCUT2D eigenvalue weighted by molar-refractivity contribution is -0.274. The summed E-state index contributed by atoms with van der Waals surface area (Å²) in [5, 5.41) is 6.28. The van der Waals surface area contributed by atoms with Crippen LogP contribution in [0.2, 0.25) is 0 Å². The van der Waals surface area contributed by atoms with Crippen molar-refractivity contribution in [2.75, 3.05) is 10.6 Å². The Morgan fingerprint density at radius 1 is 0.939 bits per heavy atom. The molecule has 1 aliphatic carbocycles. The molecule has 1 aliphatic rings. The summed E-state index contributed by atoms with van der Waals surface area (Å²) in [6.45, 7) is 0.0885. The van der Waals surface area contributed by atoms with E-state index in [2.05, 4.69) is 25.3 Å². The normalized spacial score (nSPS) is 14.3. The maximum absolute atomic E-state index is 13.5. The van der Waals surface area contributed by atoms with E-state index in [1.807, 2.05) is 0 Å². The van der Waals surface area contributed by atoms with Crippen molar-refractivity contribution in [2.24, 2.45) is 0 Å². The molecular formula is C23H21F5N4O. The molecule has 2 aromatic carbocycles. The van der Waals surface area contributed by atoms with Gasteiger partial charge in [0.2, 0.25) is 5.95 Å². The van der Waals surface area contributed by atoms with Crippen molar-refractivity contribution in [3.63, 3.8) is 0 Å². The fourth-order valence-corrected chi connectivity index (χ4v) is 3.76. The van der Waals surface area contributed by atoms with Crippen LogP contribution in [0.1, 0.15) is 31.2 Å². The van der Waals surface area contributed by atoms with E-state index in [0.717, 1.165) is 31.7 Å². The molecular weight excluding hydrogens is 443 g/mol. The van der Waals surface area contributed by atoms with Crippen molar-refractivity contribution < 1.29 is 26.7 Å². The topological polar surface area (TPSA) is 59.1 Å². The Morgan fingerprint density at radius 3 is 2.36 bits per heavy atom. The van der Waals surface area contributed by atoms with Gasteiger partial charge in [0.05, 0.1) is 5.69 Å². The maximum Gasteiger partial charge on any atom is 0.573 e. The highest BCUT2D eigenvalue weighted by Crippen LogP contribution is 2.29. The molecule has 0 unspecified atom stereocenters. The lowest BCUT2D eigenvalue weighted by atomic mass is 10.1. The molecule has 0 amide bonds. The Morgan fingerprint density at radius 2 is 1.67 bits per heavy atom. The van der Waals surface area contributed by atoms with Crippen molar-refractivity contribution in [2.45, 2.75) is 44.6 Å². The Balaban J connectivity index is 1.62. The van der Waals surface area contributed by atoms with Crippen LogP contribution in [0, 0.1) is 11.6 Å². The Bertz CT molecular complexity index is 1100. The average molecular weight is 464 g/mol. The van der Waals surface area contributed by atoms with Gasteiger partial charge in [0, 0.05) is 30.3 Å². The highest BCUT2D eigenvalue weighted by molar-refractivity contribution is 5.66. The Kier molecular flexibility index (Phi) is 6.62. The molecule has 2 N–H and O–H groups in total. The van der Waals surface area contributed by atoms with E-state index in [1.54, 1.807) is 12.1 Å². The van der Waals surface area contributed by atoms with Crippen LogP contribution in [0.3, 0.4) is 0 Å². The van der Waals surface area contributed by atoms with E-state index in [0.29, 0.717) is 28.6 Å². The van der Waals surface area contributed by atoms with Crippen molar-refractivity contribution in [3.8, 4) is 17.0 Å². The van der Waals surface area contributed by atoms with Gasteiger partial charge in [-0.05, 0) is 42.7 Å². The SMILES string of the molecule is Fc1cc(F)cc(CNc2cc(-c3cccc(OC(F)(F)F)c3)nc(NC3CCCC3)n2)c1. The summed E-state index contributed by atoms with van der Waals surface area (Å²) in [7, 11) is 0. The molecule has 10 heteroatoms. The Hall–Kier alpha value is -3.43. The van der Waals surface area contributed by atoms with Gasteiger partial charge in [-0.1, -0.05) is 25.0 Å². The molecule has 33 heavy (non-hydrogen) atoms. The average Bonchev–Trinajstić information content (AvgIpc) is 3.23. The summed E-state index contributed by atoms with van der Waals surface area (Å²) in [6, 6.07) is 10.4. The second-order valence-electron chi connectivity index (χ2n) is 7.79. The lowest BCUT2D eigenvalue weighted by Gasteiger charge is -2.15. The van der Waals surface area contributed by atoms with Crippen LogP contribution in [0.4, 0.5) is 33.7 Å². The van der Waals surface area contributed by atoms with Gasteiger partial charge in [0.15, 0.2) is 0 Å². The van der Waals surface area contributed by atoms with Crippen LogP contribution in [0.25, 0.3) is 11.3 Å². The van der Waals surface area contributed by atoms with Crippen molar-refractivity contribution in [3.05, 3.63) is 65.7 Å². The van der Waals surface area contributed by atoms with E-state index >= 15 is 0 Å². The Labute approximate surface area is 187 Å². The zero-order chi connectivity index (χ0) is 23.4. The minimum absolute atomic E-state index is 0.0885. The molecule has 1 saturated carbocycles. The quantitative estimate of drug-likeness (QED) is 0.403. The standard InChI is InChI=1S/C23H21F5N4O/c24-16-8-14(9-17(25)11-16)13-29-21-12-20(31-22(32-21)30-18-5-1-2-6-18)15-4-3-7-19(10-15)33-23(26,27)28/h3-4,7-12,18H,1-2,5-6,13H2,(H2,29,30,31,32). The van der Waals surface area contributed by atoms with Crippen molar-refractivity contribution >= 4 is 11.8 Å². The first-order valence-corrected chi connectivity index (χ1v) is 10.4. The van der Waals surface area contributed by atoms with Gasteiger partial charge in [0.25, 0.3) is 0 Å². The number of rotatable bonds is 7. The van der Waals surface area contributed by atoms with E-state index < -0.39 is 18.0 Å². The number of alkyl halides is 3. The van der Waals surface area contributed by atoms with E-state index in [1.165, 1.54) is 30.3 Å². The molecule has 0 bridgehead atoms. The number of hydrogen-bond donors (Lipinski definition) is 2. The summed E-state index contributed by atoms with van der Waals surface area (Å²) in [6.07, 6.45) is -0.705. The predicted molar refractivity (Wildman–Crippen MR) is 114 cm³/mol. The fraction of sp³-hybridized carbons (Fsp3) is 0.304. The third-order valence-electron chi connectivity index (χ3n) is 5.17. The number of benzene rings is 2. The summed E-state index contributed by atoms with van der Waals surface area (Å²) >= 11 is 0. The summed E-state index contributed by atoms with van der Waals surface area (Å²) in [5.41, 5.74) is 1.14. The number of aromatic nitrogens is 2. The van der Waals surface area contributed by atoms with Crippen molar-refractivity contribution in [1.82, 2.24) is 9.97 Å². The minimum atomic E-state index is -4.81. The maximum atomic E-state index is 13.5. The highest BCUT2D eigenvalue weighted by Gasteiger charge is 2.31. The first-order chi connectivity index (χ1) is 15.7. The monoisotopic (exact) mass is 464 g/mol. The summed E-state index contributed by atoms with van der Waals surface area (Å²) < 4.78 is 68.9. The van der Waals surface area contributed by atoms with E-state index in [-0.39, 0.29) is 18.3 Å². The first-order valence-electron chi connectivity index (χ1n) is 10.4. The highest BCUT2D eigenvalue weighted by atomic mass is 19.4. The van der Waals surface area contributed by atoms with Crippen LogP contribution in [-0.2, 0) is 6.54 Å². The van der Waals surface area contributed by atoms with E-state index in [9.17, 15) is 22.0 Å². The molecule has 0 atom stereocenters. The molecule has 1 heterocycles. The molecule has 0 saturated heterocycles. The third-order valence-corrected chi connectivity index (χ3v) is 5.17. The number of nitrogens with one attached hydrogen (secondary N) is 2. The smallest absolute Gasteiger partial charge is 0.406 e. The molecule has 0 spiro atoms. The number of nitrogens with zero attached hydrogens (tertiary/aromatic N) is 2. The molecule has 4 rings (SSSR count). The first kappa shape index (κ1) is 22.8. The lowest BCUT2D eigenvalue weighted by Crippen LogP contribution is -2.18. The van der Waals surface area contributed by atoms with Gasteiger partial charge < -0.3 is 15.4 Å². The number of ether oxygens (including phenoxy) is 1. The number of halogens is 5. The van der Waals surface area contributed by atoms with Crippen LogP contribution >= 0.6 is 0 Å². The molecule has 174 valence electrons. The van der Waals surface area contributed by atoms with E-state index in [4.69, 9.17) is 0 Å². The van der Waals surface area contributed by atoms with Crippen LogP contribution < -0.4 is 15.4 Å². The van der Waals surface area contributed by atoms with Gasteiger partial charge in [-0.15, -0.1) is 13.2 Å². The van der Waals surface area contributed by atoms with Gasteiger partial charge in [0.1, 0.15) is 23.2 Å². The molecule has 5 nitrogen and oxygen atoms in total. The summed E-state index contributed by atoms with van der Waals surface area (Å²) in [4.78, 5) is 8.90. The molecule has 3 aromatic rings. The predicted octanol–water partition coefficient (Wildman–Crippen LogP) is 6.29. The second-order valence-corrected chi connectivity index (χ2v) is 7.79. The zero-order valence-corrected chi connectivity index (χ0v) is 17.4. The molecule has 0 aliphatic heterocycles. The van der Waals surface area contributed by atoms with Gasteiger partial charge in [-0.3, -0.25) is 0 Å². The number of anilines is 2. The van der Waals surface area contributed by atoms with Crippen molar-refractivity contribution in [1.29, 1.82) is 0 Å². The third kappa shape index (κ3) is 6.53. The van der Waals surface area contributed by atoms with Crippen LogP contribution in [0.5, 0.6) is 5.75 Å². The van der Waals surface area contributed by atoms with Crippen LogP contribution in [-0.4, -0.2) is 22.4 Å². The molecule has 1 fully saturated rings. The van der Waals surface area contributed by atoms with Gasteiger partial charge in [-0.25, -0.2) is 13.8 Å². The fourth-order valence-electron chi connectivity index (χ4n) is 3.76. The minimum Gasteiger partial charge on any atom is -0.406 e. The second kappa shape index (κ2) is 9.60. The molecule has 0 radical (unpaired) electrons. The summed E-state index contributed by atoms with van der Waals surface area (Å²) in [5.74, 6) is -1.09. The van der Waals surface area contributed by atoms with Gasteiger partial charge >= 0.3 is 6.36 Å². The van der Waals surface area contributed by atoms with Gasteiger partial charge in [-0.2, -0.15) is 4.98 Å². The molecule has 1 aromatic heterocycles. The number of hydrogen-bond acceptors (Lipinski definition) is 5.